The van der Waals surface area contributed by atoms with Crippen molar-refractivity contribution < 1.29 is 14.3 Å². The molecule has 1 unspecified atom stereocenters. The molecule has 0 radical (unpaired) electrons. The third kappa shape index (κ3) is 2.93. The Morgan fingerprint density at radius 1 is 1.45 bits per heavy atom. The Morgan fingerprint density at radius 2 is 2.20 bits per heavy atom. The summed E-state index contributed by atoms with van der Waals surface area (Å²) in [7, 11) is 1.34. The summed E-state index contributed by atoms with van der Waals surface area (Å²) in [5.41, 5.74) is 12.9. The SMILES string of the molecule is COC(=O)NC1CCN(c2ccc(C(N)=O)cc2N)C1. The average Bonchev–Trinajstić information content (AvgIpc) is 2.86. The van der Waals surface area contributed by atoms with Gasteiger partial charge < -0.3 is 26.4 Å². The van der Waals surface area contributed by atoms with Crippen molar-refractivity contribution in [2.75, 3.05) is 30.8 Å². The zero-order chi connectivity index (χ0) is 14.7. The first-order chi connectivity index (χ1) is 9.51. The van der Waals surface area contributed by atoms with Crippen molar-refractivity contribution in [3.63, 3.8) is 0 Å². The van der Waals surface area contributed by atoms with Crippen LogP contribution in [0.25, 0.3) is 0 Å². The Bertz CT molecular complexity index is 532. The highest BCUT2D eigenvalue weighted by Gasteiger charge is 2.25. The summed E-state index contributed by atoms with van der Waals surface area (Å²) in [6, 6.07) is 5.02. The van der Waals surface area contributed by atoms with Gasteiger partial charge in [-0.3, -0.25) is 4.79 Å². The van der Waals surface area contributed by atoms with Gasteiger partial charge in [-0.15, -0.1) is 0 Å². The van der Waals surface area contributed by atoms with Gasteiger partial charge in [0.15, 0.2) is 0 Å². The maximum atomic E-state index is 11.2. The molecule has 1 aromatic carbocycles. The van der Waals surface area contributed by atoms with E-state index in [4.69, 9.17) is 11.5 Å². The fourth-order valence-corrected chi connectivity index (χ4v) is 2.32. The second kappa shape index (κ2) is 5.68. The molecule has 0 aliphatic carbocycles. The first-order valence-electron chi connectivity index (χ1n) is 6.30. The first-order valence-corrected chi connectivity index (χ1v) is 6.30. The zero-order valence-corrected chi connectivity index (χ0v) is 11.3. The molecule has 0 bridgehead atoms. The van der Waals surface area contributed by atoms with Crippen LogP contribution in [0.3, 0.4) is 0 Å². The highest BCUT2D eigenvalue weighted by molar-refractivity contribution is 5.95. The lowest BCUT2D eigenvalue weighted by Crippen LogP contribution is -2.37. The Balaban J connectivity index is 2.06. The van der Waals surface area contributed by atoms with Crippen molar-refractivity contribution in [3.05, 3.63) is 23.8 Å². The van der Waals surface area contributed by atoms with Gasteiger partial charge in [0.05, 0.1) is 24.5 Å². The van der Waals surface area contributed by atoms with E-state index in [1.807, 2.05) is 0 Å². The number of nitrogens with two attached hydrogens (primary N) is 2. The van der Waals surface area contributed by atoms with E-state index in [1.54, 1.807) is 18.2 Å². The minimum Gasteiger partial charge on any atom is -0.453 e. The molecule has 108 valence electrons. The molecule has 1 aliphatic rings. The number of carbonyl (C=O) groups is 2. The van der Waals surface area contributed by atoms with Gasteiger partial charge in [0, 0.05) is 18.7 Å². The number of methoxy groups -OCH3 is 1. The van der Waals surface area contributed by atoms with E-state index in [9.17, 15) is 9.59 Å². The number of hydrogen-bond acceptors (Lipinski definition) is 5. The Labute approximate surface area is 116 Å². The second-order valence-electron chi connectivity index (χ2n) is 4.71. The van der Waals surface area contributed by atoms with Crippen LogP contribution in [0, 0.1) is 0 Å². The molecule has 1 aromatic rings. The number of hydrogen-bond donors (Lipinski definition) is 3. The smallest absolute Gasteiger partial charge is 0.407 e. The molecule has 7 heteroatoms. The monoisotopic (exact) mass is 278 g/mol. The molecule has 20 heavy (non-hydrogen) atoms. The van der Waals surface area contributed by atoms with Crippen molar-refractivity contribution >= 4 is 23.4 Å². The van der Waals surface area contributed by atoms with Crippen LogP contribution >= 0.6 is 0 Å². The number of nitrogens with zero attached hydrogens (tertiary/aromatic N) is 1. The standard InChI is InChI=1S/C13H18N4O3/c1-20-13(19)16-9-4-5-17(7-9)11-3-2-8(12(15)18)6-10(11)14/h2-3,6,9H,4-5,7,14H2,1H3,(H2,15,18)(H,16,19). The molecular formula is C13H18N4O3. The summed E-state index contributed by atoms with van der Waals surface area (Å²) < 4.78 is 4.57. The molecule has 0 saturated carbocycles. The Morgan fingerprint density at radius 3 is 2.80 bits per heavy atom. The van der Waals surface area contributed by atoms with Crippen molar-refractivity contribution in [1.82, 2.24) is 5.32 Å². The van der Waals surface area contributed by atoms with Gasteiger partial charge in [-0.2, -0.15) is 0 Å². The minimum atomic E-state index is -0.505. The van der Waals surface area contributed by atoms with E-state index in [1.165, 1.54) is 7.11 Å². The third-order valence-corrected chi connectivity index (χ3v) is 3.35. The minimum absolute atomic E-state index is 0.0256. The first kappa shape index (κ1) is 14.0. The van der Waals surface area contributed by atoms with Gasteiger partial charge >= 0.3 is 6.09 Å². The van der Waals surface area contributed by atoms with E-state index in [0.717, 1.165) is 18.7 Å². The van der Waals surface area contributed by atoms with E-state index in [2.05, 4.69) is 15.0 Å². The third-order valence-electron chi connectivity index (χ3n) is 3.35. The number of carbonyl (C=O) groups excluding carboxylic acids is 2. The quantitative estimate of drug-likeness (QED) is 0.689. The van der Waals surface area contributed by atoms with E-state index in [0.29, 0.717) is 17.8 Å². The zero-order valence-electron chi connectivity index (χ0n) is 11.3. The summed E-state index contributed by atoms with van der Waals surface area (Å²) in [6.07, 6.45) is 0.375. The number of benzene rings is 1. The van der Waals surface area contributed by atoms with Crippen molar-refractivity contribution in [2.24, 2.45) is 5.73 Å². The topological polar surface area (TPSA) is 111 Å². The Hall–Kier alpha value is -2.44. The summed E-state index contributed by atoms with van der Waals surface area (Å²) in [5.74, 6) is -0.505. The van der Waals surface area contributed by atoms with Gasteiger partial charge in [0.25, 0.3) is 0 Å². The lowest BCUT2D eigenvalue weighted by atomic mass is 10.1. The summed E-state index contributed by atoms with van der Waals surface area (Å²) in [4.78, 5) is 24.3. The number of primary amides is 1. The van der Waals surface area contributed by atoms with Crippen LogP contribution in [0.1, 0.15) is 16.8 Å². The van der Waals surface area contributed by atoms with E-state index in [-0.39, 0.29) is 6.04 Å². The molecule has 1 aliphatic heterocycles. The van der Waals surface area contributed by atoms with Gasteiger partial charge in [-0.25, -0.2) is 4.79 Å². The molecule has 0 spiro atoms. The normalized spacial score (nSPS) is 17.9. The summed E-state index contributed by atoms with van der Waals surface area (Å²) in [6.45, 7) is 1.42. The van der Waals surface area contributed by atoms with Crippen LogP contribution < -0.4 is 21.7 Å². The molecule has 1 saturated heterocycles. The van der Waals surface area contributed by atoms with Crippen LogP contribution in [0.5, 0.6) is 0 Å². The van der Waals surface area contributed by atoms with Gasteiger partial charge in [-0.05, 0) is 24.6 Å². The van der Waals surface area contributed by atoms with Crippen LogP contribution in [-0.4, -0.2) is 38.2 Å². The fourth-order valence-electron chi connectivity index (χ4n) is 2.32. The van der Waals surface area contributed by atoms with Gasteiger partial charge in [-0.1, -0.05) is 0 Å². The predicted molar refractivity (Wildman–Crippen MR) is 75.5 cm³/mol. The van der Waals surface area contributed by atoms with Gasteiger partial charge in [0.1, 0.15) is 0 Å². The molecule has 7 nitrogen and oxygen atoms in total. The highest BCUT2D eigenvalue weighted by atomic mass is 16.5. The maximum Gasteiger partial charge on any atom is 0.407 e. The van der Waals surface area contributed by atoms with Crippen LogP contribution in [0.15, 0.2) is 18.2 Å². The second-order valence-corrected chi connectivity index (χ2v) is 4.71. The summed E-state index contributed by atoms with van der Waals surface area (Å²) in [5, 5.41) is 2.76. The van der Waals surface area contributed by atoms with E-state index < -0.39 is 12.0 Å². The van der Waals surface area contributed by atoms with Crippen molar-refractivity contribution in [2.45, 2.75) is 12.5 Å². The molecule has 1 atom stereocenters. The molecule has 1 heterocycles. The molecule has 2 amide bonds. The van der Waals surface area contributed by atoms with Crippen molar-refractivity contribution in [1.29, 1.82) is 0 Å². The average molecular weight is 278 g/mol. The Kier molecular flexibility index (Phi) is 3.97. The fraction of sp³-hybridized carbons (Fsp3) is 0.385. The summed E-state index contributed by atoms with van der Waals surface area (Å²) >= 11 is 0. The number of rotatable bonds is 3. The molecule has 0 aromatic heterocycles. The van der Waals surface area contributed by atoms with Crippen LogP contribution in [-0.2, 0) is 4.74 Å². The number of ether oxygens (including phenoxy) is 1. The number of nitrogens with one attached hydrogen (secondary N) is 1. The van der Waals surface area contributed by atoms with Crippen LogP contribution in [0.2, 0.25) is 0 Å². The van der Waals surface area contributed by atoms with Crippen LogP contribution in [0.4, 0.5) is 16.2 Å². The predicted octanol–water partition coefficient (Wildman–Crippen LogP) is 0.302. The lowest BCUT2D eigenvalue weighted by molar-refractivity contribution is 0.1000. The number of anilines is 2. The molecular weight excluding hydrogens is 260 g/mol. The molecule has 1 fully saturated rings. The highest BCUT2D eigenvalue weighted by Crippen LogP contribution is 2.27. The van der Waals surface area contributed by atoms with E-state index >= 15 is 0 Å². The number of nitrogen functional groups attached to an aromatic ring is 1. The largest absolute Gasteiger partial charge is 0.453 e. The number of alkyl carbamates (subject to hydrolysis) is 1. The maximum absolute atomic E-state index is 11.2. The van der Waals surface area contributed by atoms with Crippen molar-refractivity contribution in [3.8, 4) is 0 Å². The number of amides is 2. The lowest BCUT2D eigenvalue weighted by Gasteiger charge is -2.21. The molecule has 5 N–H and O–H groups in total. The van der Waals surface area contributed by atoms with Gasteiger partial charge in [0.2, 0.25) is 5.91 Å². The molecule has 2 rings (SSSR count).